The molecule has 29 heavy (non-hydrogen) atoms. The Labute approximate surface area is 171 Å². The summed E-state index contributed by atoms with van der Waals surface area (Å²) < 4.78 is 10.9. The number of amides is 1. The monoisotopic (exact) mass is 399 g/mol. The van der Waals surface area contributed by atoms with Crippen molar-refractivity contribution in [1.29, 1.82) is 0 Å². The van der Waals surface area contributed by atoms with Gasteiger partial charge in [0, 0.05) is 30.9 Å². The molecule has 4 rings (SSSR count). The van der Waals surface area contributed by atoms with Gasteiger partial charge in [-0.25, -0.2) is 9.97 Å². The molecule has 2 aromatic rings. The molecule has 0 bridgehead atoms. The van der Waals surface area contributed by atoms with Crippen LogP contribution >= 0.6 is 0 Å². The van der Waals surface area contributed by atoms with Crippen LogP contribution in [0.5, 0.6) is 0 Å². The smallest absolute Gasteiger partial charge is 0.290 e. The number of carbonyl (C=O) groups excluding carboxylic acids is 1. The normalized spacial score (nSPS) is 26.1. The van der Waals surface area contributed by atoms with Gasteiger partial charge in [0.15, 0.2) is 0 Å². The largest absolute Gasteiger partial charge is 0.372 e. The SMILES string of the molecule is Cc1cc(C(=O)N[C@H]2CC(C)(C)Cc3nc(N4C[C@@H](C)O[C@@H](C)C4)ncc32)on1. The lowest BCUT2D eigenvalue weighted by Crippen LogP contribution is -2.46. The van der Waals surface area contributed by atoms with Crippen LogP contribution in [0.2, 0.25) is 0 Å². The van der Waals surface area contributed by atoms with Crippen molar-refractivity contribution >= 4 is 11.9 Å². The van der Waals surface area contributed by atoms with E-state index in [1.165, 1.54) is 0 Å². The second-order valence-electron chi connectivity index (χ2n) is 9.14. The first-order valence-corrected chi connectivity index (χ1v) is 10.2. The minimum atomic E-state index is -0.265. The highest BCUT2D eigenvalue weighted by Crippen LogP contribution is 2.40. The van der Waals surface area contributed by atoms with Crippen LogP contribution in [0.1, 0.15) is 67.7 Å². The van der Waals surface area contributed by atoms with E-state index in [-0.39, 0.29) is 35.3 Å². The molecule has 0 saturated carbocycles. The van der Waals surface area contributed by atoms with Crippen LogP contribution in [0.4, 0.5) is 5.95 Å². The number of nitrogens with zero attached hydrogens (tertiary/aromatic N) is 4. The maximum atomic E-state index is 12.6. The summed E-state index contributed by atoms with van der Waals surface area (Å²) in [5.41, 5.74) is 2.67. The minimum Gasteiger partial charge on any atom is -0.372 e. The highest BCUT2D eigenvalue weighted by atomic mass is 16.5. The van der Waals surface area contributed by atoms with Crippen LogP contribution in [0.25, 0.3) is 0 Å². The topological polar surface area (TPSA) is 93.4 Å². The lowest BCUT2D eigenvalue weighted by Gasteiger charge is -2.38. The van der Waals surface area contributed by atoms with Crippen LogP contribution in [-0.2, 0) is 11.2 Å². The number of rotatable bonds is 3. The number of fused-ring (bicyclic) bond motifs is 1. The summed E-state index contributed by atoms with van der Waals surface area (Å²) >= 11 is 0. The Morgan fingerprint density at radius 2 is 2.00 bits per heavy atom. The molecular formula is C21H29N5O3. The summed E-state index contributed by atoms with van der Waals surface area (Å²) in [4.78, 5) is 24.4. The molecule has 0 spiro atoms. The molecule has 0 radical (unpaired) electrons. The Morgan fingerprint density at radius 3 is 2.66 bits per heavy atom. The second kappa shape index (κ2) is 7.40. The van der Waals surface area contributed by atoms with Gasteiger partial charge in [-0.15, -0.1) is 0 Å². The highest BCUT2D eigenvalue weighted by molar-refractivity contribution is 5.91. The van der Waals surface area contributed by atoms with Crippen molar-refractivity contribution in [2.24, 2.45) is 5.41 Å². The van der Waals surface area contributed by atoms with Crippen molar-refractivity contribution in [3.63, 3.8) is 0 Å². The minimum absolute atomic E-state index is 0.0134. The summed E-state index contributed by atoms with van der Waals surface area (Å²) in [5, 5.41) is 6.89. The van der Waals surface area contributed by atoms with Gasteiger partial charge in [0.05, 0.1) is 29.6 Å². The van der Waals surface area contributed by atoms with Crippen LogP contribution in [0.15, 0.2) is 16.8 Å². The van der Waals surface area contributed by atoms with Gasteiger partial charge in [-0.2, -0.15) is 0 Å². The molecule has 1 N–H and O–H groups in total. The number of nitrogens with one attached hydrogen (secondary N) is 1. The molecule has 1 amide bonds. The molecule has 1 saturated heterocycles. The molecule has 8 nitrogen and oxygen atoms in total. The van der Waals surface area contributed by atoms with Crippen molar-refractivity contribution in [1.82, 2.24) is 20.4 Å². The van der Waals surface area contributed by atoms with E-state index in [2.05, 4.69) is 48.1 Å². The van der Waals surface area contributed by atoms with E-state index >= 15 is 0 Å². The third-order valence-electron chi connectivity index (χ3n) is 5.52. The Hall–Kier alpha value is -2.48. The summed E-state index contributed by atoms with van der Waals surface area (Å²) in [5.74, 6) is 0.694. The Morgan fingerprint density at radius 1 is 1.28 bits per heavy atom. The summed E-state index contributed by atoms with van der Waals surface area (Å²) in [6, 6.07) is 1.48. The molecule has 1 fully saturated rings. The van der Waals surface area contributed by atoms with Gasteiger partial charge in [-0.05, 0) is 39.0 Å². The number of hydrogen-bond donors (Lipinski definition) is 1. The zero-order valence-corrected chi connectivity index (χ0v) is 17.7. The van der Waals surface area contributed by atoms with Gasteiger partial charge >= 0.3 is 0 Å². The van der Waals surface area contributed by atoms with E-state index in [9.17, 15) is 4.79 Å². The fourth-order valence-electron chi connectivity index (χ4n) is 4.36. The Balaban J connectivity index is 1.60. The fraction of sp³-hybridized carbons (Fsp3) is 0.619. The zero-order valence-electron chi connectivity index (χ0n) is 17.7. The van der Waals surface area contributed by atoms with Crippen molar-refractivity contribution in [2.45, 2.75) is 65.7 Å². The zero-order chi connectivity index (χ0) is 20.8. The van der Waals surface area contributed by atoms with Gasteiger partial charge in [0.25, 0.3) is 5.91 Å². The van der Waals surface area contributed by atoms with E-state index < -0.39 is 0 Å². The number of morpholine rings is 1. The van der Waals surface area contributed by atoms with E-state index in [4.69, 9.17) is 14.2 Å². The average molecular weight is 399 g/mol. The second-order valence-corrected chi connectivity index (χ2v) is 9.14. The molecule has 3 atom stereocenters. The van der Waals surface area contributed by atoms with Crippen molar-refractivity contribution in [3.05, 3.63) is 35.0 Å². The third-order valence-corrected chi connectivity index (χ3v) is 5.52. The van der Waals surface area contributed by atoms with E-state index in [1.54, 1.807) is 13.0 Å². The Bertz CT molecular complexity index is 899. The maximum Gasteiger partial charge on any atom is 0.290 e. The molecule has 0 aromatic carbocycles. The number of aromatic nitrogens is 3. The molecule has 3 heterocycles. The van der Waals surface area contributed by atoms with Gasteiger partial charge in [-0.1, -0.05) is 19.0 Å². The predicted molar refractivity (Wildman–Crippen MR) is 108 cm³/mol. The number of hydrogen-bond acceptors (Lipinski definition) is 7. The molecular weight excluding hydrogens is 370 g/mol. The third kappa shape index (κ3) is 4.27. The first-order valence-electron chi connectivity index (χ1n) is 10.2. The molecule has 156 valence electrons. The van der Waals surface area contributed by atoms with Crippen molar-refractivity contribution < 1.29 is 14.1 Å². The highest BCUT2D eigenvalue weighted by Gasteiger charge is 2.36. The number of anilines is 1. The van der Waals surface area contributed by atoms with Gasteiger partial charge in [0.2, 0.25) is 11.7 Å². The van der Waals surface area contributed by atoms with Crippen molar-refractivity contribution in [3.8, 4) is 0 Å². The Kier molecular flexibility index (Phi) is 5.06. The van der Waals surface area contributed by atoms with Crippen LogP contribution in [0, 0.1) is 12.3 Å². The average Bonchev–Trinajstić information content (AvgIpc) is 3.06. The van der Waals surface area contributed by atoms with E-state index in [0.29, 0.717) is 5.69 Å². The fourth-order valence-corrected chi connectivity index (χ4v) is 4.36. The van der Waals surface area contributed by atoms with Crippen LogP contribution in [0.3, 0.4) is 0 Å². The molecule has 2 aliphatic rings. The number of carbonyl (C=O) groups is 1. The van der Waals surface area contributed by atoms with Gasteiger partial charge in [-0.3, -0.25) is 4.79 Å². The number of aryl methyl sites for hydroxylation is 1. The van der Waals surface area contributed by atoms with Crippen LogP contribution in [-0.4, -0.2) is 46.3 Å². The van der Waals surface area contributed by atoms with E-state index in [0.717, 1.165) is 43.1 Å². The first kappa shape index (κ1) is 19.8. The van der Waals surface area contributed by atoms with Gasteiger partial charge in [0.1, 0.15) is 0 Å². The van der Waals surface area contributed by atoms with Crippen LogP contribution < -0.4 is 10.2 Å². The quantitative estimate of drug-likeness (QED) is 0.848. The molecule has 2 aromatic heterocycles. The predicted octanol–water partition coefficient (Wildman–Crippen LogP) is 2.83. The van der Waals surface area contributed by atoms with Crippen molar-refractivity contribution in [2.75, 3.05) is 18.0 Å². The first-order chi connectivity index (χ1) is 13.7. The molecule has 1 aliphatic carbocycles. The maximum absolute atomic E-state index is 12.6. The lowest BCUT2D eigenvalue weighted by atomic mass is 9.74. The van der Waals surface area contributed by atoms with Gasteiger partial charge < -0.3 is 19.5 Å². The summed E-state index contributed by atoms with van der Waals surface area (Å²) in [6.07, 6.45) is 3.82. The summed E-state index contributed by atoms with van der Waals surface area (Å²) in [7, 11) is 0. The number of ether oxygens (including phenoxy) is 1. The summed E-state index contributed by atoms with van der Waals surface area (Å²) in [6.45, 7) is 11.9. The molecule has 8 heteroatoms. The molecule has 1 aliphatic heterocycles. The standard InChI is InChI=1S/C21H29N5O3/c1-12-6-18(29-25-12)19(27)23-16-7-21(4,5)8-17-15(16)9-22-20(24-17)26-10-13(2)28-14(3)11-26/h6,9,13-14,16H,7-8,10-11H2,1-5H3,(H,23,27)/t13-,14+,16-/m0/s1. The molecule has 0 unspecified atom stereocenters. The van der Waals surface area contributed by atoms with E-state index in [1.807, 2.05) is 6.20 Å². The lowest BCUT2D eigenvalue weighted by molar-refractivity contribution is -0.00575.